The molecule has 4 rings (SSSR count). The fourth-order valence-electron chi connectivity index (χ4n) is 4.49. The first-order valence-corrected chi connectivity index (χ1v) is 11.6. The number of nitrogens with one attached hydrogen (secondary N) is 1. The van der Waals surface area contributed by atoms with Crippen LogP contribution in [0.1, 0.15) is 36.0 Å². The van der Waals surface area contributed by atoms with Crippen LogP contribution < -0.4 is 10.1 Å². The van der Waals surface area contributed by atoms with Crippen LogP contribution in [0.3, 0.4) is 0 Å². The SMILES string of the molecule is Cc1ccc(CN2CCNC(=O)[C@@H]2CC(=O)N2CCC(Oc3ccccc3C)CC2)cc1. The van der Waals surface area contributed by atoms with Crippen LogP contribution in [-0.2, 0) is 16.1 Å². The summed E-state index contributed by atoms with van der Waals surface area (Å²) in [5, 5.41) is 2.93. The van der Waals surface area contributed by atoms with E-state index in [1.807, 2.05) is 36.1 Å². The van der Waals surface area contributed by atoms with Crippen LogP contribution in [0.4, 0.5) is 0 Å². The number of piperazine rings is 1. The summed E-state index contributed by atoms with van der Waals surface area (Å²) in [4.78, 5) is 29.7. The van der Waals surface area contributed by atoms with Crippen molar-refractivity contribution in [2.45, 2.75) is 51.8 Å². The Balaban J connectivity index is 1.32. The van der Waals surface area contributed by atoms with Gasteiger partial charge in [0.25, 0.3) is 0 Å². The molecule has 2 fully saturated rings. The number of carbonyl (C=O) groups is 2. The highest BCUT2D eigenvalue weighted by atomic mass is 16.5. The number of nitrogens with zero attached hydrogens (tertiary/aromatic N) is 2. The lowest BCUT2D eigenvalue weighted by molar-refractivity contribution is -0.140. The van der Waals surface area contributed by atoms with Gasteiger partial charge in [-0.1, -0.05) is 48.0 Å². The predicted octanol–water partition coefficient (Wildman–Crippen LogP) is 3.06. The molecule has 2 aromatic carbocycles. The maximum atomic E-state index is 13.1. The molecule has 1 atom stereocenters. The summed E-state index contributed by atoms with van der Waals surface area (Å²) in [5.41, 5.74) is 3.51. The Morgan fingerprint density at radius 1 is 1.03 bits per heavy atom. The molecule has 2 aliphatic rings. The van der Waals surface area contributed by atoms with E-state index in [1.54, 1.807) is 0 Å². The van der Waals surface area contributed by atoms with Crippen molar-refractivity contribution in [3.05, 3.63) is 65.2 Å². The zero-order valence-corrected chi connectivity index (χ0v) is 19.0. The van der Waals surface area contributed by atoms with Gasteiger partial charge in [-0.3, -0.25) is 14.5 Å². The van der Waals surface area contributed by atoms with E-state index < -0.39 is 6.04 Å². The number of amides is 2. The summed E-state index contributed by atoms with van der Waals surface area (Å²) < 4.78 is 6.16. The van der Waals surface area contributed by atoms with E-state index in [0.29, 0.717) is 26.2 Å². The third-order valence-corrected chi connectivity index (χ3v) is 6.50. The first-order chi connectivity index (χ1) is 15.5. The lowest BCUT2D eigenvalue weighted by atomic mass is 10.0. The van der Waals surface area contributed by atoms with Gasteiger partial charge in [0.2, 0.25) is 11.8 Å². The Morgan fingerprint density at radius 3 is 2.47 bits per heavy atom. The fourth-order valence-corrected chi connectivity index (χ4v) is 4.49. The molecule has 0 aliphatic carbocycles. The number of ether oxygens (including phenoxy) is 1. The lowest BCUT2D eigenvalue weighted by Crippen LogP contribution is -2.56. The van der Waals surface area contributed by atoms with E-state index >= 15 is 0 Å². The number of rotatable bonds is 6. The van der Waals surface area contributed by atoms with Crippen molar-refractivity contribution in [1.29, 1.82) is 0 Å². The van der Waals surface area contributed by atoms with E-state index in [2.05, 4.69) is 41.4 Å². The maximum Gasteiger partial charge on any atom is 0.237 e. The minimum Gasteiger partial charge on any atom is -0.490 e. The molecule has 2 aromatic rings. The number of hydrogen-bond donors (Lipinski definition) is 1. The molecule has 2 saturated heterocycles. The molecule has 0 aromatic heterocycles. The van der Waals surface area contributed by atoms with Crippen molar-refractivity contribution >= 4 is 11.8 Å². The Labute approximate surface area is 190 Å². The van der Waals surface area contributed by atoms with Gasteiger partial charge in [0.15, 0.2) is 0 Å². The Morgan fingerprint density at radius 2 is 1.75 bits per heavy atom. The minimum atomic E-state index is -0.418. The van der Waals surface area contributed by atoms with Crippen LogP contribution in [0.5, 0.6) is 5.75 Å². The third-order valence-electron chi connectivity index (χ3n) is 6.50. The second kappa shape index (κ2) is 10.2. The van der Waals surface area contributed by atoms with Crippen molar-refractivity contribution in [2.24, 2.45) is 0 Å². The molecule has 2 heterocycles. The smallest absolute Gasteiger partial charge is 0.237 e. The molecular formula is C26H33N3O3. The molecule has 0 saturated carbocycles. The Hall–Kier alpha value is -2.86. The quantitative estimate of drug-likeness (QED) is 0.758. The second-order valence-electron chi connectivity index (χ2n) is 8.93. The molecule has 1 N–H and O–H groups in total. The minimum absolute atomic E-state index is 0.0468. The largest absolute Gasteiger partial charge is 0.490 e. The van der Waals surface area contributed by atoms with Crippen LogP contribution in [0, 0.1) is 13.8 Å². The second-order valence-corrected chi connectivity index (χ2v) is 8.93. The Bertz CT molecular complexity index is 936. The molecule has 170 valence electrons. The average Bonchev–Trinajstić information content (AvgIpc) is 2.79. The molecule has 0 unspecified atom stereocenters. The van der Waals surface area contributed by atoms with Gasteiger partial charge < -0.3 is 15.0 Å². The van der Waals surface area contributed by atoms with E-state index in [9.17, 15) is 9.59 Å². The summed E-state index contributed by atoms with van der Waals surface area (Å²) in [6, 6.07) is 16.0. The molecule has 0 radical (unpaired) electrons. The van der Waals surface area contributed by atoms with Crippen molar-refractivity contribution in [3.63, 3.8) is 0 Å². The van der Waals surface area contributed by atoms with Crippen LogP contribution >= 0.6 is 0 Å². The van der Waals surface area contributed by atoms with Gasteiger partial charge in [-0.05, 0) is 31.0 Å². The highest BCUT2D eigenvalue weighted by molar-refractivity contribution is 5.88. The standard InChI is InChI=1S/C26H33N3O3/c1-19-7-9-21(10-8-19)18-29-16-13-27-26(31)23(29)17-25(30)28-14-11-22(12-15-28)32-24-6-4-3-5-20(24)2/h3-10,22-23H,11-18H2,1-2H3,(H,27,31)/t23-/m0/s1. The van der Waals surface area contributed by atoms with Crippen LogP contribution in [0.2, 0.25) is 0 Å². The van der Waals surface area contributed by atoms with Gasteiger partial charge in [-0.15, -0.1) is 0 Å². The van der Waals surface area contributed by atoms with Crippen LogP contribution in [-0.4, -0.2) is 59.9 Å². The number of carbonyl (C=O) groups excluding carboxylic acids is 2. The number of piperidine rings is 1. The van der Waals surface area contributed by atoms with E-state index in [0.717, 1.165) is 36.3 Å². The first-order valence-electron chi connectivity index (χ1n) is 11.6. The van der Waals surface area contributed by atoms with Gasteiger partial charge >= 0.3 is 0 Å². The van der Waals surface area contributed by atoms with Crippen molar-refractivity contribution in [1.82, 2.24) is 15.1 Å². The van der Waals surface area contributed by atoms with Crippen molar-refractivity contribution < 1.29 is 14.3 Å². The molecule has 2 amide bonds. The van der Waals surface area contributed by atoms with Crippen LogP contribution in [0.15, 0.2) is 48.5 Å². The fraction of sp³-hybridized carbons (Fsp3) is 0.462. The Kier molecular flexibility index (Phi) is 7.10. The highest BCUT2D eigenvalue weighted by Gasteiger charge is 2.34. The van der Waals surface area contributed by atoms with Crippen molar-refractivity contribution in [3.8, 4) is 5.75 Å². The average molecular weight is 436 g/mol. The summed E-state index contributed by atoms with van der Waals surface area (Å²) in [7, 11) is 0. The summed E-state index contributed by atoms with van der Waals surface area (Å²) in [5.74, 6) is 0.924. The number of benzene rings is 2. The number of para-hydroxylation sites is 1. The predicted molar refractivity (Wildman–Crippen MR) is 124 cm³/mol. The summed E-state index contributed by atoms with van der Waals surface area (Å²) >= 11 is 0. The summed E-state index contributed by atoms with van der Waals surface area (Å²) in [6.45, 7) is 7.50. The van der Waals surface area contributed by atoms with Gasteiger partial charge in [-0.25, -0.2) is 0 Å². The number of aryl methyl sites for hydroxylation is 2. The zero-order valence-electron chi connectivity index (χ0n) is 19.0. The zero-order chi connectivity index (χ0) is 22.5. The van der Waals surface area contributed by atoms with E-state index in [1.165, 1.54) is 5.56 Å². The maximum absolute atomic E-state index is 13.1. The van der Waals surface area contributed by atoms with Gasteiger partial charge in [0.1, 0.15) is 11.9 Å². The molecule has 6 heteroatoms. The first kappa shape index (κ1) is 22.3. The molecule has 32 heavy (non-hydrogen) atoms. The molecule has 6 nitrogen and oxygen atoms in total. The molecule has 0 bridgehead atoms. The van der Waals surface area contributed by atoms with Gasteiger partial charge in [0.05, 0.1) is 12.5 Å². The molecular weight excluding hydrogens is 402 g/mol. The highest BCUT2D eigenvalue weighted by Crippen LogP contribution is 2.23. The topological polar surface area (TPSA) is 61.9 Å². The van der Waals surface area contributed by atoms with E-state index in [-0.39, 0.29) is 24.3 Å². The van der Waals surface area contributed by atoms with Crippen LogP contribution in [0.25, 0.3) is 0 Å². The normalized spacial score (nSPS) is 20.1. The third kappa shape index (κ3) is 5.49. The molecule has 0 spiro atoms. The van der Waals surface area contributed by atoms with E-state index in [4.69, 9.17) is 4.74 Å². The lowest BCUT2D eigenvalue weighted by Gasteiger charge is -2.37. The van der Waals surface area contributed by atoms with Crippen molar-refractivity contribution in [2.75, 3.05) is 26.2 Å². The number of hydrogen-bond acceptors (Lipinski definition) is 4. The molecule has 2 aliphatic heterocycles. The van der Waals surface area contributed by atoms with Gasteiger partial charge in [0, 0.05) is 45.6 Å². The van der Waals surface area contributed by atoms with Gasteiger partial charge in [-0.2, -0.15) is 0 Å². The monoisotopic (exact) mass is 435 g/mol. The summed E-state index contributed by atoms with van der Waals surface area (Å²) in [6.07, 6.45) is 1.96. The number of likely N-dealkylation sites (tertiary alicyclic amines) is 1.